The molecule has 0 aromatic heterocycles. The summed E-state index contributed by atoms with van der Waals surface area (Å²) >= 11 is 4.63. The van der Waals surface area contributed by atoms with Gasteiger partial charge in [-0.3, -0.25) is 0 Å². The second kappa shape index (κ2) is 4.94. The van der Waals surface area contributed by atoms with E-state index in [4.69, 9.17) is 5.73 Å². The topological polar surface area (TPSA) is 23.8 Å². The first kappa shape index (κ1) is 10.2. The zero-order valence-electron chi connectivity index (χ0n) is 5.37. The van der Waals surface area contributed by atoms with Crippen LogP contribution >= 0.6 is 12.2 Å². The van der Waals surface area contributed by atoms with Gasteiger partial charge in [0.25, 0.3) is 0 Å². The maximum atomic E-state index is 7.05. The summed E-state index contributed by atoms with van der Waals surface area (Å²) < 4.78 is 0. The summed E-state index contributed by atoms with van der Waals surface area (Å²) in [5.74, 6) is 0. The fraction of sp³-hybridized carbons (Fsp3) is 0. The standard InChI is InChI=1S/C7H7NS.Y/c8-7(9)6-4-2-1-3-5-6;/h1-5H,(H2,8,9);/p-1. The first-order valence-corrected chi connectivity index (χ1v) is 3.02. The molecule has 0 aliphatic rings. The third-order valence-corrected chi connectivity index (χ3v) is 1.27. The summed E-state index contributed by atoms with van der Waals surface area (Å²) in [5.41, 5.74) is 7.86. The number of nitrogens with one attached hydrogen (secondary N) is 1. The monoisotopic (exact) mass is 225 g/mol. The van der Waals surface area contributed by atoms with Crippen LogP contribution in [0.25, 0.3) is 5.73 Å². The molecule has 0 spiro atoms. The Morgan fingerprint density at radius 1 is 1.20 bits per heavy atom. The fourth-order valence-electron chi connectivity index (χ4n) is 0.590. The Balaban J connectivity index is 0.000000810. The molecule has 0 saturated heterocycles. The molecule has 1 radical (unpaired) electrons. The normalized spacial score (nSPS) is 8.00. The first-order chi connectivity index (χ1) is 4.30. The van der Waals surface area contributed by atoms with Crippen LogP contribution in [-0.2, 0) is 32.7 Å². The van der Waals surface area contributed by atoms with E-state index in [-0.39, 0.29) is 37.7 Å². The van der Waals surface area contributed by atoms with Crippen molar-refractivity contribution in [2.75, 3.05) is 0 Å². The molecule has 0 aliphatic heterocycles. The van der Waals surface area contributed by atoms with Crippen LogP contribution in [-0.4, -0.2) is 4.99 Å². The largest absolute Gasteiger partial charge is 0.689 e. The molecule has 0 saturated carbocycles. The summed E-state index contributed by atoms with van der Waals surface area (Å²) in [6.45, 7) is 0. The molecule has 1 nitrogen and oxygen atoms in total. The Kier molecular flexibility index (Phi) is 5.05. The summed E-state index contributed by atoms with van der Waals surface area (Å²) in [6, 6.07) is 9.30. The molecule has 0 aliphatic carbocycles. The van der Waals surface area contributed by atoms with Crippen molar-refractivity contribution in [3.05, 3.63) is 41.6 Å². The van der Waals surface area contributed by atoms with Gasteiger partial charge in [-0.15, -0.1) is 12.2 Å². The van der Waals surface area contributed by atoms with E-state index in [1.165, 1.54) is 0 Å². The third kappa shape index (κ3) is 2.87. The summed E-state index contributed by atoms with van der Waals surface area (Å²) in [7, 11) is 0. The van der Waals surface area contributed by atoms with E-state index < -0.39 is 0 Å². The minimum Gasteiger partial charge on any atom is -0.689 e. The molecule has 1 aromatic carbocycles. The molecule has 0 fully saturated rings. The minimum absolute atomic E-state index is 0. The Labute approximate surface area is 90.9 Å². The summed E-state index contributed by atoms with van der Waals surface area (Å²) in [6.07, 6.45) is 0. The van der Waals surface area contributed by atoms with Gasteiger partial charge in [-0.1, -0.05) is 35.3 Å². The van der Waals surface area contributed by atoms with Gasteiger partial charge in [0.15, 0.2) is 0 Å². The van der Waals surface area contributed by atoms with Crippen molar-refractivity contribution in [1.82, 2.24) is 0 Å². The van der Waals surface area contributed by atoms with E-state index in [2.05, 4.69) is 12.2 Å². The Hall–Kier alpha value is 0.214. The van der Waals surface area contributed by atoms with Crippen LogP contribution < -0.4 is 0 Å². The maximum Gasteiger partial charge on any atom is 0 e. The van der Waals surface area contributed by atoms with Crippen molar-refractivity contribution in [1.29, 1.82) is 0 Å². The minimum atomic E-state index is 0. The summed E-state index contributed by atoms with van der Waals surface area (Å²) in [4.78, 5) is 0.204. The van der Waals surface area contributed by atoms with Crippen LogP contribution in [0, 0.1) is 0 Å². The number of hydrogen-bond acceptors (Lipinski definition) is 1. The predicted octanol–water partition coefficient (Wildman–Crippen LogP) is 2.41. The van der Waals surface area contributed by atoms with Gasteiger partial charge < -0.3 is 5.73 Å². The molecular weight excluding hydrogens is 219 g/mol. The molecule has 49 valence electrons. The second-order valence-electron chi connectivity index (χ2n) is 1.70. The molecule has 1 N–H and O–H groups in total. The van der Waals surface area contributed by atoms with Gasteiger partial charge in [-0.05, 0) is 5.56 Å². The Morgan fingerprint density at radius 3 is 2.00 bits per heavy atom. The molecule has 1 rings (SSSR count). The smallest absolute Gasteiger partial charge is 0 e. The SMILES string of the molecule is [NH-]C(=S)c1ccccc1.[Y]. The van der Waals surface area contributed by atoms with Gasteiger partial charge in [0.2, 0.25) is 0 Å². The van der Waals surface area contributed by atoms with Crippen LogP contribution in [0.2, 0.25) is 0 Å². The van der Waals surface area contributed by atoms with Crippen LogP contribution in [0.5, 0.6) is 0 Å². The van der Waals surface area contributed by atoms with Crippen LogP contribution in [0.3, 0.4) is 0 Å². The van der Waals surface area contributed by atoms with Crippen LogP contribution in [0.15, 0.2) is 30.3 Å². The predicted molar refractivity (Wildman–Crippen MR) is 42.5 cm³/mol. The van der Waals surface area contributed by atoms with Gasteiger partial charge in [-0.25, -0.2) is 0 Å². The average Bonchev–Trinajstić information content (AvgIpc) is 1.90. The molecule has 0 amide bonds. The van der Waals surface area contributed by atoms with Gasteiger partial charge in [0, 0.05) is 32.7 Å². The quantitative estimate of drug-likeness (QED) is 0.673. The number of hydrogen-bond donors (Lipinski definition) is 0. The van der Waals surface area contributed by atoms with E-state index in [9.17, 15) is 0 Å². The fourth-order valence-corrected chi connectivity index (χ4v) is 0.726. The average molecular weight is 225 g/mol. The number of rotatable bonds is 1. The van der Waals surface area contributed by atoms with Gasteiger partial charge in [-0.2, -0.15) is 0 Å². The van der Waals surface area contributed by atoms with Crippen molar-refractivity contribution in [2.24, 2.45) is 0 Å². The molecule has 0 heterocycles. The molecule has 0 bridgehead atoms. The van der Waals surface area contributed by atoms with Gasteiger partial charge in [0.1, 0.15) is 0 Å². The van der Waals surface area contributed by atoms with Crippen molar-refractivity contribution in [3.8, 4) is 0 Å². The van der Waals surface area contributed by atoms with Crippen molar-refractivity contribution in [3.63, 3.8) is 0 Å². The van der Waals surface area contributed by atoms with E-state index in [1.807, 2.05) is 30.3 Å². The van der Waals surface area contributed by atoms with Crippen molar-refractivity contribution < 1.29 is 32.7 Å². The third-order valence-electron chi connectivity index (χ3n) is 1.04. The maximum absolute atomic E-state index is 7.05. The van der Waals surface area contributed by atoms with E-state index in [0.717, 1.165) is 5.56 Å². The van der Waals surface area contributed by atoms with Crippen LogP contribution in [0.4, 0.5) is 0 Å². The Morgan fingerprint density at radius 2 is 1.70 bits per heavy atom. The molecule has 1 aromatic rings. The number of thiocarbonyl (C=S) groups is 1. The first-order valence-electron chi connectivity index (χ1n) is 2.61. The molecule has 0 atom stereocenters. The molecule has 3 heteroatoms. The zero-order valence-corrected chi connectivity index (χ0v) is 9.03. The number of benzene rings is 1. The molecule has 10 heavy (non-hydrogen) atoms. The molecular formula is C7H6NSY-. The van der Waals surface area contributed by atoms with Gasteiger partial charge in [0.05, 0.1) is 0 Å². The molecule has 0 unspecified atom stereocenters. The van der Waals surface area contributed by atoms with E-state index >= 15 is 0 Å². The van der Waals surface area contributed by atoms with E-state index in [1.54, 1.807) is 0 Å². The Bertz CT molecular complexity index is 210. The van der Waals surface area contributed by atoms with E-state index in [0.29, 0.717) is 0 Å². The zero-order chi connectivity index (χ0) is 6.69. The van der Waals surface area contributed by atoms with Crippen molar-refractivity contribution in [2.45, 2.75) is 0 Å². The summed E-state index contributed by atoms with van der Waals surface area (Å²) in [5, 5.41) is 0. The van der Waals surface area contributed by atoms with Crippen molar-refractivity contribution >= 4 is 17.2 Å². The second-order valence-corrected chi connectivity index (χ2v) is 2.10. The van der Waals surface area contributed by atoms with Gasteiger partial charge >= 0.3 is 0 Å². The van der Waals surface area contributed by atoms with Crippen LogP contribution in [0.1, 0.15) is 5.56 Å².